The third kappa shape index (κ3) is 6.51. The number of nitrogens with zero attached hydrogens (tertiary/aromatic N) is 3. The molecule has 5 nitrogen and oxygen atoms in total. The van der Waals surface area contributed by atoms with Gasteiger partial charge in [0.1, 0.15) is 0 Å². The van der Waals surface area contributed by atoms with Gasteiger partial charge < -0.3 is 15.4 Å². The van der Waals surface area contributed by atoms with Crippen molar-refractivity contribution in [2.24, 2.45) is 0 Å². The number of carboxylic acid groups (broad SMARTS) is 1. The number of carbonyl (C=O) groups is 1. The van der Waals surface area contributed by atoms with Gasteiger partial charge in [-0.15, -0.1) is 35.7 Å². The maximum Gasteiger partial charge on any atom is 0.285 e. The normalized spacial score (nSPS) is 15.4. The van der Waals surface area contributed by atoms with Crippen LogP contribution in [0.3, 0.4) is 0 Å². The second-order valence-corrected chi connectivity index (χ2v) is 12.7. The van der Waals surface area contributed by atoms with E-state index in [1.54, 1.807) is 0 Å². The molecule has 1 unspecified atom stereocenters. The van der Waals surface area contributed by atoms with Gasteiger partial charge in [0.15, 0.2) is 0 Å². The van der Waals surface area contributed by atoms with Gasteiger partial charge in [-0.05, 0) is 27.8 Å². The molecule has 1 atom stereocenters. The summed E-state index contributed by atoms with van der Waals surface area (Å²) in [5.41, 5.74) is 6.54. The summed E-state index contributed by atoms with van der Waals surface area (Å²) in [5, 5.41) is 16.8. The van der Waals surface area contributed by atoms with Crippen LogP contribution in [0.4, 0.5) is 0 Å². The number of hydrogen-bond donors (Lipinski definition) is 1. The Bertz CT molecular complexity index is 1700. The van der Waals surface area contributed by atoms with Crippen molar-refractivity contribution in [3.63, 3.8) is 0 Å². The molecule has 0 aliphatic carbocycles. The standard InChI is InChI=1S/C30H29N2.C5H8NO2.Ir/c1-29(2,3)20-12-14-22-24(16-20)25-17-21(30(4,5)6)13-15-23(25)28-27(22)31-18-26(32-28)19-10-8-7-9-11-19;7-5(8)4-2-1-3-6-4;/h7-13,15-18H,1-6H3;4H,1-3H2,(H,7,8);/q2*-1;. The second kappa shape index (κ2) is 12.0. The van der Waals surface area contributed by atoms with Gasteiger partial charge in [0.25, 0.3) is 5.97 Å². The van der Waals surface area contributed by atoms with Gasteiger partial charge in [-0.2, -0.15) is 0 Å². The number of aromatic nitrogens is 2. The molecule has 1 saturated heterocycles. The van der Waals surface area contributed by atoms with Gasteiger partial charge in [-0.3, -0.25) is 9.78 Å². The van der Waals surface area contributed by atoms with Crippen LogP contribution in [-0.4, -0.2) is 33.6 Å². The van der Waals surface area contributed by atoms with E-state index in [9.17, 15) is 4.79 Å². The van der Waals surface area contributed by atoms with E-state index in [-0.39, 0.29) is 30.9 Å². The summed E-state index contributed by atoms with van der Waals surface area (Å²) in [7, 11) is 0. The van der Waals surface area contributed by atoms with Crippen LogP contribution in [0.2, 0.25) is 0 Å². The zero-order valence-corrected chi connectivity index (χ0v) is 27.0. The van der Waals surface area contributed by atoms with Crippen LogP contribution in [0.25, 0.3) is 49.2 Å². The van der Waals surface area contributed by atoms with E-state index in [4.69, 9.17) is 15.1 Å². The van der Waals surface area contributed by atoms with Crippen LogP contribution in [0, 0.1) is 6.07 Å². The Hall–Kier alpha value is -3.18. The summed E-state index contributed by atoms with van der Waals surface area (Å²) in [6.07, 6.45) is 3.56. The number of aliphatic carboxylic acids is 1. The quantitative estimate of drug-likeness (QED) is 0.146. The van der Waals surface area contributed by atoms with Crippen LogP contribution < -0.4 is 0 Å². The van der Waals surface area contributed by atoms with Crippen molar-refractivity contribution in [3.8, 4) is 11.3 Å². The van der Waals surface area contributed by atoms with Crippen LogP contribution in [0.15, 0.2) is 66.9 Å². The van der Waals surface area contributed by atoms with Crippen LogP contribution in [0.5, 0.6) is 0 Å². The molecule has 6 rings (SSSR count). The largest absolute Gasteiger partial charge is 0.650 e. The van der Waals surface area contributed by atoms with Crippen molar-refractivity contribution in [3.05, 3.63) is 89.4 Å². The number of rotatable bonds is 2. The van der Waals surface area contributed by atoms with Gasteiger partial charge in [-0.25, -0.2) is 0 Å². The Morgan fingerprint density at radius 2 is 1.59 bits per heavy atom. The van der Waals surface area contributed by atoms with Gasteiger partial charge >= 0.3 is 0 Å². The Morgan fingerprint density at radius 3 is 2.17 bits per heavy atom. The molecule has 0 spiro atoms. The average Bonchev–Trinajstić information content (AvgIpc) is 3.48. The first-order valence-corrected chi connectivity index (χ1v) is 14.0. The van der Waals surface area contributed by atoms with E-state index in [2.05, 4.69) is 95.4 Å². The zero-order chi connectivity index (χ0) is 28.7. The molecule has 5 aromatic rings. The molecule has 0 bridgehead atoms. The first-order chi connectivity index (χ1) is 18.9. The first kappa shape index (κ1) is 30.8. The van der Waals surface area contributed by atoms with E-state index in [0.29, 0.717) is 0 Å². The number of fused-ring (bicyclic) bond motifs is 6. The number of benzene rings is 4. The minimum atomic E-state index is -0.775. The van der Waals surface area contributed by atoms with Gasteiger partial charge in [-0.1, -0.05) is 114 Å². The monoisotopic (exact) mass is 724 g/mol. The predicted molar refractivity (Wildman–Crippen MR) is 165 cm³/mol. The van der Waals surface area contributed by atoms with Gasteiger partial charge in [0.05, 0.1) is 11.2 Å². The minimum absolute atomic E-state index is 0. The van der Waals surface area contributed by atoms with Crippen molar-refractivity contribution < 1.29 is 30.0 Å². The molecule has 41 heavy (non-hydrogen) atoms. The Morgan fingerprint density at radius 1 is 0.902 bits per heavy atom. The van der Waals surface area contributed by atoms with E-state index in [0.717, 1.165) is 52.4 Å². The van der Waals surface area contributed by atoms with Crippen LogP contribution in [0.1, 0.15) is 65.5 Å². The van der Waals surface area contributed by atoms with Gasteiger partial charge in [0, 0.05) is 37.4 Å². The molecular weight excluding hydrogens is 687 g/mol. The summed E-state index contributed by atoms with van der Waals surface area (Å²) < 4.78 is 0. The molecule has 215 valence electrons. The molecular formula is C35H37IrN3O2-2. The Kier molecular flexibility index (Phi) is 8.98. The molecule has 0 amide bonds. The second-order valence-electron chi connectivity index (χ2n) is 12.7. The van der Waals surface area contributed by atoms with E-state index < -0.39 is 12.0 Å². The van der Waals surface area contributed by atoms with Crippen molar-refractivity contribution in [1.82, 2.24) is 9.97 Å². The number of carboxylic acids is 1. The van der Waals surface area contributed by atoms with Crippen LogP contribution in [-0.2, 0) is 35.7 Å². The maximum absolute atomic E-state index is 10.1. The third-order valence-corrected chi connectivity index (χ3v) is 7.59. The zero-order valence-electron chi connectivity index (χ0n) is 24.6. The fourth-order valence-electron chi connectivity index (χ4n) is 5.11. The minimum Gasteiger partial charge on any atom is -0.650 e. The molecule has 1 fully saturated rings. The summed E-state index contributed by atoms with van der Waals surface area (Å²) >= 11 is 0. The third-order valence-electron chi connectivity index (χ3n) is 7.59. The maximum atomic E-state index is 10.1. The number of hydrogen-bond acceptors (Lipinski definition) is 3. The Labute approximate surface area is 256 Å². The predicted octanol–water partition coefficient (Wildman–Crippen LogP) is 8.60. The van der Waals surface area contributed by atoms with Crippen molar-refractivity contribution in [2.75, 3.05) is 6.54 Å². The molecule has 1 aliphatic heterocycles. The van der Waals surface area contributed by atoms with Crippen molar-refractivity contribution >= 4 is 38.5 Å². The topological polar surface area (TPSA) is 77.2 Å². The molecule has 1 aromatic heterocycles. The Balaban J connectivity index is 0.000000373. The molecule has 1 aliphatic rings. The smallest absolute Gasteiger partial charge is 0.285 e. The average molecular weight is 724 g/mol. The summed E-state index contributed by atoms with van der Waals surface area (Å²) in [4.78, 5) is 20.1. The summed E-state index contributed by atoms with van der Waals surface area (Å²) in [5.74, 6) is -0.775. The van der Waals surface area contributed by atoms with E-state index in [1.807, 2.05) is 24.4 Å². The van der Waals surface area contributed by atoms with Gasteiger partial charge in [0.2, 0.25) is 0 Å². The van der Waals surface area contributed by atoms with Crippen molar-refractivity contribution in [2.45, 2.75) is 71.3 Å². The fourth-order valence-corrected chi connectivity index (χ4v) is 5.11. The van der Waals surface area contributed by atoms with E-state index >= 15 is 0 Å². The molecule has 2 heterocycles. The molecule has 4 aromatic carbocycles. The molecule has 1 N–H and O–H groups in total. The first-order valence-electron chi connectivity index (χ1n) is 14.0. The van der Waals surface area contributed by atoms with Crippen LogP contribution >= 0.6 is 0 Å². The summed E-state index contributed by atoms with van der Waals surface area (Å²) in [6, 6.07) is 24.7. The molecule has 1 radical (unpaired) electrons. The fraction of sp³-hybridized carbons (Fsp3) is 0.343. The summed E-state index contributed by atoms with van der Waals surface area (Å²) in [6.45, 7) is 14.3. The SMILES string of the molecule is CC(C)(C)c1c[c-]c2c(c1)c1cc(C(C)(C)C)ccc1c1nc(-c3ccccc3)cnc21.O=C(O)C1CCC[N-]1.[Ir]. The van der Waals surface area contributed by atoms with E-state index in [1.165, 1.54) is 21.9 Å². The molecule has 0 saturated carbocycles. The van der Waals surface area contributed by atoms with Crippen molar-refractivity contribution in [1.29, 1.82) is 0 Å². The molecule has 6 heteroatoms.